The molecule has 0 aromatic heterocycles. The van der Waals surface area contributed by atoms with Crippen LogP contribution in [0.2, 0.25) is 24.2 Å². The Labute approximate surface area is 366 Å². The topological polar surface area (TPSA) is 105 Å². The summed E-state index contributed by atoms with van der Waals surface area (Å²) in [5, 5.41) is 0. The maximum atomic E-state index is 6.42. The first-order valence-corrected chi connectivity index (χ1v) is 31.8. The highest BCUT2D eigenvalue weighted by molar-refractivity contribution is 6.65. The van der Waals surface area contributed by atoms with E-state index in [2.05, 4.69) is 46.6 Å². The lowest BCUT2D eigenvalue weighted by Crippen LogP contribution is -2.55. The summed E-state index contributed by atoms with van der Waals surface area (Å²) in [7, 11) is -10.1. The van der Waals surface area contributed by atoms with Crippen LogP contribution in [-0.4, -0.2) is 186 Å². The van der Waals surface area contributed by atoms with Gasteiger partial charge in [0, 0.05) is 90.2 Å². The zero-order chi connectivity index (χ0) is 43.3. The molecule has 0 spiro atoms. The molecule has 0 saturated carbocycles. The quantitative estimate of drug-likeness (QED) is 0.0586. The van der Waals surface area contributed by atoms with Crippen molar-refractivity contribution in [1.82, 2.24) is 18.9 Å². The Morgan fingerprint density at radius 3 is 0.966 bits per heavy atom. The van der Waals surface area contributed by atoms with Crippen molar-refractivity contribution in [1.29, 1.82) is 0 Å². The molecule has 0 radical (unpaired) electrons. The van der Waals surface area contributed by atoms with Gasteiger partial charge in [-0.15, -0.1) is 0 Å². The van der Waals surface area contributed by atoms with Crippen LogP contribution in [0.3, 0.4) is 0 Å². The largest absolute Gasteiger partial charge is 0.500 e. The predicted octanol–water partition coefficient (Wildman–Crippen LogP) is 7.07. The molecule has 352 valence electrons. The minimum atomic E-state index is -2.73. The maximum absolute atomic E-state index is 6.42. The molecule has 0 aromatic rings. The zero-order valence-corrected chi connectivity index (χ0v) is 43.8. The van der Waals surface area contributed by atoms with Crippen LogP contribution in [0.5, 0.6) is 0 Å². The average molecular weight is 914 g/mol. The first kappa shape index (κ1) is 55.4. The van der Waals surface area contributed by atoms with Gasteiger partial charge in [-0.1, -0.05) is 0 Å². The number of hydrogen-bond donors (Lipinski definition) is 0. The fraction of sp³-hybridized carbons (Fsp3) is 1.00. The van der Waals surface area contributed by atoms with Gasteiger partial charge in [-0.2, -0.15) is 0 Å². The summed E-state index contributed by atoms with van der Waals surface area (Å²) >= 11 is 0. The van der Waals surface area contributed by atoms with Crippen molar-refractivity contribution >= 4 is 35.1 Å². The molecular weight excluding hydrogens is 821 g/mol. The van der Waals surface area contributed by atoms with E-state index in [1.807, 2.05) is 41.5 Å². The Bertz CT molecular complexity index is 917. The van der Waals surface area contributed by atoms with E-state index in [0.717, 1.165) is 122 Å². The number of rotatable bonds is 40. The minimum Gasteiger partial charge on any atom is -0.383 e. The molecule has 0 aliphatic carbocycles. The summed E-state index contributed by atoms with van der Waals surface area (Å²) < 4.78 is 68.2. The van der Waals surface area contributed by atoms with Crippen molar-refractivity contribution < 1.29 is 44.3 Å². The van der Waals surface area contributed by atoms with Gasteiger partial charge in [-0.25, -0.2) is 0 Å². The van der Waals surface area contributed by atoms with Crippen LogP contribution in [0, 0.1) is 0 Å². The first-order valence-electron chi connectivity index (χ1n) is 24.0. The van der Waals surface area contributed by atoms with E-state index in [1.54, 1.807) is 0 Å². The smallest absolute Gasteiger partial charge is 0.383 e. The third-order valence-corrected chi connectivity index (χ3v) is 25.2. The average Bonchev–Trinajstić information content (AvgIpc) is 3.78. The SMILES string of the molecule is CCO[Si](CCCN(CCCN(CCCN1CCC[Si]1(OCC)OCC)CCCN1CCC[Si]1(OCC)OCC)CCC[Si](OCC)(OCC)OCC)(OCC)OCC. The van der Waals surface area contributed by atoms with Crippen LogP contribution in [0.4, 0.5) is 0 Å². The monoisotopic (exact) mass is 913 g/mol. The highest BCUT2D eigenvalue weighted by Gasteiger charge is 2.49. The molecule has 2 aliphatic rings. The molecule has 2 aliphatic heterocycles. The van der Waals surface area contributed by atoms with E-state index in [9.17, 15) is 0 Å². The van der Waals surface area contributed by atoms with Gasteiger partial charge < -0.3 is 54.1 Å². The van der Waals surface area contributed by atoms with Gasteiger partial charge in [-0.3, -0.25) is 9.13 Å². The lowest BCUT2D eigenvalue weighted by molar-refractivity contribution is 0.0691. The molecule has 0 atom stereocenters. The van der Waals surface area contributed by atoms with E-state index in [1.165, 1.54) is 12.8 Å². The Morgan fingerprint density at radius 2 is 0.678 bits per heavy atom. The second-order valence-corrected chi connectivity index (χ2v) is 27.0. The highest BCUT2D eigenvalue weighted by Crippen LogP contribution is 2.30. The molecule has 0 aromatic carbocycles. The van der Waals surface area contributed by atoms with Gasteiger partial charge in [0.25, 0.3) is 0 Å². The summed E-state index contributed by atoms with van der Waals surface area (Å²) in [6.07, 6.45) is 7.57. The van der Waals surface area contributed by atoms with Crippen molar-refractivity contribution in [2.45, 2.75) is 138 Å². The third kappa shape index (κ3) is 19.1. The molecule has 0 bridgehead atoms. The molecule has 0 N–H and O–H groups in total. The Balaban J connectivity index is 2.20. The fourth-order valence-corrected chi connectivity index (χ4v) is 21.4. The van der Waals surface area contributed by atoms with Crippen molar-refractivity contribution in [3.63, 3.8) is 0 Å². The lowest BCUT2D eigenvalue weighted by atomic mass is 10.2. The minimum absolute atomic E-state index is 0.598. The standard InChI is InChI=1S/C41H92N4O10Si4/c1-11-46-56(47-12-2)38-26-36-44(56)34-22-30-42(31-23-35-45-37-27-39-57(45,48-13-3)49-14-4)28-21-29-43(32-24-40-58(50-15-5,51-16-6)52-17-7)33-25-41-59(53-18-8,54-19-9)55-20-10/h11-41H2,1-10H3. The predicted molar refractivity (Wildman–Crippen MR) is 247 cm³/mol. The van der Waals surface area contributed by atoms with E-state index < -0.39 is 35.1 Å². The first-order chi connectivity index (χ1) is 28.7. The van der Waals surface area contributed by atoms with Crippen LogP contribution in [0.1, 0.15) is 114 Å². The van der Waals surface area contributed by atoms with Crippen LogP contribution < -0.4 is 0 Å². The molecule has 59 heavy (non-hydrogen) atoms. The Hall–Kier alpha value is 0.308. The van der Waals surface area contributed by atoms with Gasteiger partial charge in [0.1, 0.15) is 0 Å². The lowest BCUT2D eigenvalue weighted by Gasteiger charge is -2.35. The normalized spacial score (nSPS) is 17.7. The van der Waals surface area contributed by atoms with Gasteiger partial charge in [0.2, 0.25) is 0 Å². The van der Waals surface area contributed by atoms with E-state index in [4.69, 9.17) is 44.3 Å². The van der Waals surface area contributed by atoms with Crippen molar-refractivity contribution in [2.24, 2.45) is 0 Å². The molecule has 0 unspecified atom stereocenters. The summed E-state index contributed by atoms with van der Waals surface area (Å²) in [6.45, 7) is 37.4. The molecule has 2 rings (SSSR count). The van der Waals surface area contributed by atoms with Crippen LogP contribution in [0.25, 0.3) is 0 Å². The Morgan fingerprint density at radius 1 is 0.390 bits per heavy atom. The van der Waals surface area contributed by atoms with Crippen LogP contribution in [0.15, 0.2) is 0 Å². The van der Waals surface area contributed by atoms with E-state index in [0.29, 0.717) is 66.1 Å². The van der Waals surface area contributed by atoms with Gasteiger partial charge >= 0.3 is 35.1 Å². The van der Waals surface area contributed by atoms with Crippen LogP contribution in [-0.2, 0) is 44.3 Å². The van der Waals surface area contributed by atoms with Crippen LogP contribution >= 0.6 is 0 Å². The second-order valence-electron chi connectivity index (χ2n) is 15.3. The zero-order valence-electron chi connectivity index (χ0n) is 39.8. The number of hydrogen-bond acceptors (Lipinski definition) is 14. The molecule has 18 heteroatoms. The molecule has 2 saturated heterocycles. The highest BCUT2D eigenvalue weighted by atomic mass is 28.4. The van der Waals surface area contributed by atoms with E-state index in [-0.39, 0.29) is 0 Å². The Kier molecular flexibility index (Phi) is 30.1. The molecule has 2 fully saturated rings. The molecule has 14 nitrogen and oxygen atoms in total. The molecule has 2 heterocycles. The van der Waals surface area contributed by atoms with Gasteiger partial charge in [-0.05, 0) is 180 Å². The second kappa shape index (κ2) is 32.0. The molecular formula is C41H92N4O10Si4. The van der Waals surface area contributed by atoms with Crippen molar-refractivity contribution in [3.05, 3.63) is 0 Å². The number of nitrogens with zero attached hydrogens (tertiary/aromatic N) is 4. The summed E-state index contributed by atoms with van der Waals surface area (Å²) in [5.41, 5.74) is 0. The fourth-order valence-electron chi connectivity index (χ4n) is 9.05. The summed E-state index contributed by atoms with van der Waals surface area (Å²) in [4.78, 5) is 5.35. The summed E-state index contributed by atoms with van der Waals surface area (Å²) in [5.74, 6) is 0. The van der Waals surface area contributed by atoms with Gasteiger partial charge in [0.15, 0.2) is 0 Å². The van der Waals surface area contributed by atoms with Crippen molar-refractivity contribution in [2.75, 3.05) is 132 Å². The van der Waals surface area contributed by atoms with E-state index >= 15 is 0 Å². The molecule has 0 amide bonds. The maximum Gasteiger partial charge on any atom is 0.500 e. The summed E-state index contributed by atoms with van der Waals surface area (Å²) in [6, 6.07) is 3.77. The van der Waals surface area contributed by atoms with Crippen molar-refractivity contribution in [3.8, 4) is 0 Å². The van der Waals surface area contributed by atoms with Gasteiger partial charge in [0.05, 0.1) is 0 Å². The third-order valence-electron chi connectivity index (χ3n) is 11.1.